The monoisotopic (exact) mass is 410 g/mol. The lowest BCUT2D eigenvalue weighted by Gasteiger charge is -2.61. The molecule has 7 saturated carbocycles. The van der Waals surface area contributed by atoms with Gasteiger partial charge in [-0.2, -0.15) is 0 Å². The maximum absolute atomic E-state index is 12.5. The van der Waals surface area contributed by atoms with Gasteiger partial charge < -0.3 is 9.47 Å². The van der Waals surface area contributed by atoms with Crippen LogP contribution >= 0.6 is 0 Å². The molecular formula is C26H34O4. The van der Waals surface area contributed by atoms with Crippen LogP contribution in [0.3, 0.4) is 0 Å². The Balaban J connectivity index is 1.15. The second-order valence-corrected chi connectivity index (χ2v) is 12.3. The van der Waals surface area contributed by atoms with Crippen molar-refractivity contribution in [2.24, 2.45) is 71.0 Å². The van der Waals surface area contributed by atoms with Crippen LogP contribution in [0.5, 0.6) is 0 Å². The van der Waals surface area contributed by atoms with Crippen molar-refractivity contribution in [2.45, 2.75) is 76.4 Å². The molecule has 1 aliphatic heterocycles. The molecular weight excluding hydrogens is 376 g/mol. The molecule has 7 aliphatic carbocycles. The summed E-state index contributed by atoms with van der Waals surface area (Å²) in [6, 6.07) is 0. The van der Waals surface area contributed by atoms with Gasteiger partial charge in [0.1, 0.15) is 12.2 Å². The molecule has 0 amide bonds. The van der Waals surface area contributed by atoms with Gasteiger partial charge in [0, 0.05) is 24.7 Å². The summed E-state index contributed by atoms with van der Waals surface area (Å²) in [7, 11) is 0. The largest absolute Gasteiger partial charge is 0.462 e. The predicted octanol–water partition coefficient (Wildman–Crippen LogP) is 4.21. The number of fused-ring (bicyclic) bond motifs is 7. The molecule has 4 bridgehead atoms. The van der Waals surface area contributed by atoms with Crippen molar-refractivity contribution in [1.82, 2.24) is 0 Å². The van der Waals surface area contributed by atoms with E-state index in [9.17, 15) is 9.59 Å². The van der Waals surface area contributed by atoms with Crippen LogP contribution in [0.2, 0.25) is 0 Å². The Morgan fingerprint density at radius 3 is 1.40 bits per heavy atom. The molecule has 1 unspecified atom stereocenters. The molecule has 4 nitrogen and oxygen atoms in total. The lowest BCUT2D eigenvalue weighted by Crippen LogP contribution is -2.59. The van der Waals surface area contributed by atoms with Crippen molar-refractivity contribution in [3.05, 3.63) is 0 Å². The summed E-state index contributed by atoms with van der Waals surface area (Å²) in [5, 5.41) is 0. The molecule has 1 saturated heterocycles. The summed E-state index contributed by atoms with van der Waals surface area (Å²) in [5.74, 6) is 10.3. The van der Waals surface area contributed by atoms with Crippen molar-refractivity contribution in [3.8, 4) is 0 Å². The first kappa shape index (κ1) is 17.5. The Morgan fingerprint density at radius 2 is 0.933 bits per heavy atom. The fraction of sp³-hybridized carbons (Fsp3) is 0.923. The Bertz CT molecular complexity index is 741. The second kappa shape index (κ2) is 5.84. The summed E-state index contributed by atoms with van der Waals surface area (Å²) in [5.41, 5.74) is 0. The average molecular weight is 411 g/mol. The second-order valence-electron chi connectivity index (χ2n) is 12.3. The van der Waals surface area contributed by atoms with Crippen LogP contribution in [0.1, 0.15) is 64.2 Å². The molecule has 0 aromatic rings. The molecule has 0 N–H and O–H groups in total. The quantitative estimate of drug-likeness (QED) is 0.561. The Kier molecular flexibility index (Phi) is 3.40. The predicted molar refractivity (Wildman–Crippen MR) is 108 cm³/mol. The molecule has 8 fully saturated rings. The van der Waals surface area contributed by atoms with Gasteiger partial charge in [0.05, 0.1) is 0 Å². The molecule has 0 spiro atoms. The first-order valence-corrected chi connectivity index (χ1v) is 13.1. The molecule has 162 valence electrons. The van der Waals surface area contributed by atoms with Gasteiger partial charge in [-0.15, -0.1) is 0 Å². The van der Waals surface area contributed by atoms with Gasteiger partial charge in [-0.1, -0.05) is 0 Å². The van der Waals surface area contributed by atoms with E-state index in [1.54, 1.807) is 0 Å². The minimum absolute atomic E-state index is 0.0226. The molecule has 0 aromatic carbocycles. The Hall–Kier alpha value is -1.06. The van der Waals surface area contributed by atoms with E-state index >= 15 is 0 Å². The van der Waals surface area contributed by atoms with E-state index < -0.39 is 0 Å². The maximum atomic E-state index is 12.5. The van der Waals surface area contributed by atoms with E-state index in [4.69, 9.17) is 9.47 Å². The van der Waals surface area contributed by atoms with Gasteiger partial charge in [-0.05, 0) is 111 Å². The van der Waals surface area contributed by atoms with Crippen LogP contribution in [0.25, 0.3) is 0 Å². The van der Waals surface area contributed by atoms with E-state index in [1.807, 2.05) is 0 Å². The zero-order chi connectivity index (χ0) is 19.7. The zero-order valence-corrected chi connectivity index (χ0v) is 17.8. The number of carbonyl (C=O) groups excluding carboxylic acids is 2. The number of rotatable bonds is 0. The Labute approximate surface area is 178 Å². The zero-order valence-electron chi connectivity index (χ0n) is 17.8. The van der Waals surface area contributed by atoms with E-state index in [0.29, 0.717) is 24.7 Å². The molecule has 14 atom stereocenters. The summed E-state index contributed by atoms with van der Waals surface area (Å²) in [6.07, 6.45) is 10.5. The van der Waals surface area contributed by atoms with Gasteiger partial charge >= 0.3 is 11.9 Å². The number of ether oxygens (including phenoxy) is 2. The fourth-order valence-corrected chi connectivity index (χ4v) is 11.7. The summed E-state index contributed by atoms with van der Waals surface area (Å²) in [4.78, 5) is 25.1. The summed E-state index contributed by atoms with van der Waals surface area (Å²) >= 11 is 0. The molecule has 8 rings (SSSR count). The summed E-state index contributed by atoms with van der Waals surface area (Å²) < 4.78 is 12.2. The highest BCUT2D eigenvalue weighted by molar-refractivity contribution is 5.71. The van der Waals surface area contributed by atoms with Crippen molar-refractivity contribution in [1.29, 1.82) is 0 Å². The first-order chi connectivity index (χ1) is 14.7. The highest BCUT2D eigenvalue weighted by Crippen LogP contribution is 2.81. The van der Waals surface area contributed by atoms with E-state index in [2.05, 4.69) is 0 Å². The van der Waals surface area contributed by atoms with Crippen LogP contribution in [0.15, 0.2) is 0 Å². The van der Waals surface area contributed by atoms with Crippen LogP contribution in [-0.4, -0.2) is 24.1 Å². The Morgan fingerprint density at radius 1 is 0.500 bits per heavy atom. The number of esters is 2. The summed E-state index contributed by atoms with van der Waals surface area (Å²) in [6.45, 7) is 0. The van der Waals surface area contributed by atoms with E-state index in [0.717, 1.165) is 84.9 Å². The van der Waals surface area contributed by atoms with Gasteiger partial charge in [-0.25, -0.2) is 0 Å². The third kappa shape index (κ3) is 1.97. The van der Waals surface area contributed by atoms with Crippen LogP contribution in [0, 0.1) is 71.0 Å². The lowest BCUT2D eigenvalue weighted by molar-refractivity contribution is -0.174. The van der Waals surface area contributed by atoms with Crippen molar-refractivity contribution >= 4 is 11.9 Å². The van der Waals surface area contributed by atoms with Crippen molar-refractivity contribution < 1.29 is 19.1 Å². The topological polar surface area (TPSA) is 52.6 Å². The fourth-order valence-electron chi connectivity index (χ4n) is 11.7. The highest BCUT2D eigenvalue weighted by atomic mass is 16.5. The molecule has 30 heavy (non-hydrogen) atoms. The molecule has 4 heteroatoms. The van der Waals surface area contributed by atoms with Crippen molar-refractivity contribution in [3.63, 3.8) is 0 Å². The molecule has 8 aliphatic rings. The molecule has 0 aromatic heterocycles. The first-order valence-electron chi connectivity index (χ1n) is 13.1. The number of hydrogen-bond acceptors (Lipinski definition) is 4. The smallest absolute Gasteiger partial charge is 0.306 e. The van der Waals surface area contributed by atoms with Gasteiger partial charge in [0.2, 0.25) is 0 Å². The van der Waals surface area contributed by atoms with Gasteiger partial charge in [0.25, 0.3) is 0 Å². The number of carbonyl (C=O) groups is 2. The highest BCUT2D eigenvalue weighted by Gasteiger charge is 2.78. The van der Waals surface area contributed by atoms with E-state index in [-0.39, 0.29) is 24.1 Å². The van der Waals surface area contributed by atoms with Crippen LogP contribution < -0.4 is 0 Å². The van der Waals surface area contributed by atoms with Crippen LogP contribution in [-0.2, 0) is 19.1 Å². The lowest BCUT2D eigenvalue weighted by atomic mass is 9.43. The maximum Gasteiger partial charge on any atom is 0.306 e. The normalized spacial score (nSPS) is 62.0. The van der Waals surface area contributed by atoms with Gasteiger partial charge in [0.15, 0.2) is 0 Å². The van der Waals surface area contributed by atoms with Crippen LogP contribution in [0.4, 0.5) is 0 Å². The van der Waals surface area contributed by atoms with Gasteiger partial charge in [-0.3, -0.25) is 9.59 Å². The molecule has 0 radical (unpaired) electrons. The number of hydrogen-bond donors (Lipinski definition) is 0. The SMILES string of the molecule is O=C1CCCCC(=O)O[C@@H]2CC[C@@H]3[C@@H]4C[C@@H]([C@@H]5C6[C@@H]([C@H]7C[C@H]6[C@H]6[C@@H]7CC[C@@H]6O1)[C@@H]45)[C@@H]32. The minimum atomic E-state index is -0.0226. The van der Waals surface area contributed by atoms with Crippen molar-refractivity contribution in [2.75, 3.05) is 0 Å². The van der Waals surface area contributed by atoms with E-state index in [1.165, 1.54) is 25.7 Å². The molecule has 1 heterocycles. The third-order valence-corrected chi connectivity index (χ3v) is 11.9. The minimum Gasteiger partial charge on any atom is -0.462 e. The average Bonchev–Trinajstić information content (AvgIpc) is 3.48. The standard InChI is InChI=1S/C26H34O4/c27-19-3-1-2-4-20(28)30-18-8-6-12-14-10-16(22(12)18)26-24(14)23-13-9-15(25(23)26)21-11(13)5-7-17(21)29-19/h11-18,21-26H,1-10H2/t11-,12-,13+,14+,15-,16+,17-,18+,21-,22-,23-,24+,25+,26?/m1/s1. The third-order valence-electron chi connectivity index (χ3n) is 11.9.